The van der Waals surface area contributed by atoms with E-state index < -0.39 is 0 Å². The molecule has 1 aromatic carbocycles. The second kappa shape index (κ2) is 2.45. The molecule has 0 saturated carbocycles. The number of pyridine rings is 1. The number of aromatic hydroxyl groups is 1. The molecule has 0 atom stereocenters. The number of rotatable bonds is 0. The molecule has 2 heterocycles. The Bertz CT molecular complexity index is 615. The highest BCUT2D eigenvalue weighted by Gasteiger charge is 2.04. The zero-order valence-corrected chi connectivity index (χ0v) is 7.25. The fraction of sp³-hybridized carbons (Fsp3) is 0. The molecule has 0 bridgehead atoms. The topological polar surface area (TPSA) is 50.4 Å². The molecule has 0 saturated heterocycles. The quantitative estimate of drug-likeness (QED) is 0.578. The summed E-state index contributed by atoms with van der Waals surface area (Å²) in [5, 5.41) is 14.7. The minimum absolute atomic E-state index is 0.221. The normalized spacial score (nSPS) is 11.1. The van der Waals surface area contributed by atoms with Crippen LogP contribution < -0.4 is 0 Å². The van der Waals surface area contributed by atoms with E-state index in [-0.39, 0.29) is 5.75 Å². The van der Waals surface area contributed by atoms with Gasteiger partial charge in [0.25, 0.3) is 0 Å². The van der Waals surface area contributed by atoms with Crippen molar-refractivity contribution in [2.45, 2.75) is 0 Å². The Hall–Kier alpha value is -2.10. The van der Waals surface area contributed by atoms with Crippen molar-refractivity contribution in [3.8, 4) is 5.75 Å². The Labute approximate surface area is 79.4 Å². The van der Waals surface area contributed by atoms with Gasteiger partial charge in [0.1, 0.15) is 17.6 Å². The summed E-state index contributed by atoms with van der Waals surface area (Å²) in [5.74, 6) is 0.221. The van der Waals surface area contributed by atoms with Crippen LogP contribution in [0.25, 0.3) is 16.6 Å². The average molecular weight is 185 g/mol. The molecule has 0 radical (unpaired) electrons. The Morgan fingerprint density at radius 2 is 2.07 bits per heavy atom. The van der Waals surface area contributed by atoms with Crippen LogP contribution in [0.3, 0.4) is 0 Å². The van der Waals surface area contributed by atoms with Crippen LogP contribution in [0.4, 0.5) is 0 Å². The number of aromatic nitrogens is 3. The van der Waals surface area contributed by atoms with E-state index in [1.165, 1.54) is 6.33 Å². The van der Waals surface area contributed by atoms with E-state index in [1.807, 2.05) is 18.2 Å². The summed E-state index contributed by atoms with van der Waals surface area (Å²) in [6, 6.07) is 9.16. The third-order valence-corrected chi connectivity index (χ3v) is 2.24. The molecular weight excluding hydrogens is 178 g/mol. The van der Waals surface area contributed by atoms with Gasteiger partial charge in [0, 0.05) is 5.39 Å². The highest BCUT2D eigenvalue weighted by atomic mass is 16.3. The standard InChI is InChI=1S/C10H7N3O/c14-8-3-1-2-7-4-5-9-11-6-12-13(9)10(7)8/h1-6,14H. The lowest BCUT2D eigenvalue weighted by Gasteiger charge is -2.01. The summed E-state index contributed by atoms with van der Waals surface area (Å²) in [5.41, 5.74) is 1.43. The first kappa shape index (κ1) is 7.32. The van der Waals surface area contributed by atoms with Crippen LogP contribution >= 0.6 is 0 Å². The lowest BCUT2D eigenvalue weighted by Crippen LogP contribution is -1.90. The Kier molecular flexibility index (Phi) is 1.28. The summed E-state index contributed by atoms with van der Waals surface area (Å²) in [7, 11) is 0. The average Bonchev–Trinajstić information content (AvgIpc) is 2.65. The summed E-state index contributed by atoms with van der Waals surface area (Å²) in [6.07, 6.45) is 1.47. The molecule has 0 unspecified atom stereocenters. The van der Waals surface area contributed by atoms with Crippen LogP contribution in [0.5, 0.6) is 5.75 Å². The molecule has 3 rings (SSSR count). The van der Waals surface area contributed by atoms with Gasteiger partial charge in [-0.15, -0.1) is 0 Å². The van der Waals surface area contributed by atoms with Gasteiger partial charge < -0.3 is 5.11 Å². The van der Waals surface area contributed by atoms with Crippen LogP contribution in [0.1, 0.15) is 0 Å². The number of hydrogen-bond acceptors (Lipinski definition) is 3. The predicted octanol–water partition coefficient (Wildman–Crippen LogP) is 1.59. The van der Waals surface area contributed by atoms with Gasteiger partial charge in [-0.05, 0) is 18.2 Å². The first-order valence-electron chi connectivity index (χ1n) is 4.27. The summed E-state index contributed by atoms with van der Waals surface area (Å²) < 4.78 is 1.63. The molecule has 2 aromatic heterocycles. The van der Waals surface area contributed by atoms with Crippen LogP contribution in [-0.2, 0) is 0 Å². The van der Waals surface area contributed by atoms with E-state index in [2.05, 4.69) is 10.1 Å². The predicted molar refractivity (Wildman–Crippen MR) is 52.2 cm³/mol. The van der Waals surface area contributed by atoms with E-state index in [4.69, 9.17) is 0 Å². The fourth-order valence-electron chi connectivity index (χ4n) is 1.61. The molecule has 0 spiro atoms. The van der Waals surface area contributed by atoms with Gasteiger partial charge in [-0.3, -0.25) is 0 Å². The number of hydrogen-bond donors (Lipinski definition) is 1. The monoisotopic (exact) mass is 185 g/mol. The molecule has 0 aliphatic rings. The molecule has 14 heavy (non-hydrogen) atoms. The molecule has 0 amide bonds. The highest BCUT2D eigenvalue weighted by Crippen LogP contribution is 2.23. The smallest absolute Gasteiger partial charge is 0.156 e. The first-order valence-corrected chi connectivity index (χ1v) is 4.27. The first-order chi connectivity index (χ1) is 6.86. The van der Waals surface area contributed by atoms with E-state index in [1.54, 1.807) is 16.6 Å². The van der Waals surface area contributed by atoms with Crippen molar-refractivity contribution >= 4 is 16.6 Å². The van der Waals surface area contributed by atoms with E-state index in [0.29, 0.717) is 5.52 Å². The molecule has 3 aromatic rings. The number of benzene rings is 1. The van der Waals surface area contributed by atoms with Crippen molar-refractivity contribution in [1.29, 1.82) is 0 Å². The van der Waals surface area contributed by atoms with Crippen LogP contribution in [-0.4, -0.2) is 19.7 Å². The van der Waals surface area contributed by atoms with Gasteiger partial charge in [0.05, 0.1) is 0 Å². The van der Waals surface area contributed by atoms with Gasteiger partial charge in [-0.2, -0.15) is 5.10 Å². The zero-order valence-electron chi connectivity index (χ0n) is 7.25. The number of fused-ring (bicyclic) bond motifs is 3. The lowest BCUT2D eigenvalue weighted by molar-refractivity contribution is 0.479. The minimum atomic E-state index is 0.221. The number of nitrogens with zero attached hydrogens (tertiary/aromatic N) is 3. The molecule has 1 N–H and O–H groups in total. The molecule has 4 nitrogen and oxygen atoms in total. The minimum Gasteiger partial charge on any atom is -0.506 e. The highest BCUT2D eigenvalue weighted by molar-refractivity contribution is 5.86. The van der Waals surface area contributed by atoms with Crippen molar-refractivity contribution in [3.63, 3.8) is 0 Å². The van der Waals surface area contributed by atoms with E-state index in [0.717, 1.165) is 11.0 Å². The molecule has 0 fully saturated rings. The summed E-state index contributed by atoms with van der Waals surface area (Å²) in [4.78, 5) is 4.05. The molecule has 0 aliphatic carbocycles. The molecule has 0 aliphatic heterocycles. The maximum absolute atomic E-state index is 9.70. The second-order valence-corrected chi connectivity index (χ2v) is 3.08. The second-order valence-electron chi connectivity index (χ2n) is 3.08. The van der Waals surface area contributed by atoms with Gasteiger partial charge in [0.2, 0.25) is 0 Å². The maximum atomic E-state index is 9.70. The van der Waals surface area contributed by atoms with Crippen LogP contribution in [0.15, 0.2) is 36.7 Å². The van der Waals surface area contributed by atoms with Crippen molar-refractivity contribution in [2.75, 3.05) is 0 Å². The maximum Gasteiger partial charge on any atom is 0.156 e. The Morgan fingerprint density at radius 1 is 1.14 bits per heavy atom. The number of phenolic OH excluding ortho intramolecular Hbond substituents is 1. The van der Waals surface area contributed by atoms with Crippen molar-refractivity contribution in [3.05, 3.63) is 36.7 Å². The summed E-state index contributed by atoms with van der Waals surface area (Å²) >= 11 is 0. The van der Waals surface area contributed by atoms with Crippen LogP contribution in [0, 0.1) is 0 Å². The third-order valence-electron chi connectivity index (χ3n) is 2.24. The number of phenols is 1. The third kappa shape index (κ3) is 0.821. The molecular formula is C10H7N3O. The van der Waals surface area contributed by atoms with Gasteiger partial charge >= 0.3 is 0 Å². The largest absolute Gasteiger partial charge is 0.506 e. The van der Waals surface area contributed by atoms with Crippen molar-refractivity contribution in [1.82, 2.24) is 14.6 Å². The van der Waals surface area contributed by atoms with E-state index in [9.17, 15) is 5.11 Å². The Balaban J connectivity index is 2.67. The van der Waals surface area contributed by atoms with Gasteiger partial charge in [-0.25, -0.2) is 9.50 Å². The SMILES string of the molecule is Oc1cccc2ccc3ncnn3c12. The van der Waals surface area contributed by atoms with Crippen molar-refractivity contribution in [2.24, 2.45) is 0 Å². The van der Waals surface area contributed by atoms with Crippen molar-refractivity contribution < 1.29 is 5.11 Å². The Morgan fingerprint density at radius 3 is 3.00 bits per heavy atom. The lowest BCUT2D eigenvalue weighted by atomic mass is 10.2. The molecule has 4 heteroatoms. The number of para-hydroxylation sites is 1. The molecule has 68 valence electrons. The summed E-state index contributed by atoms with van der Waals surface area (Å²) in [6.45, 7) is 0. The van der Waals surface area contributed by atoms with Gasteiger partial charge in [-0.1, -0.05) is 12.1 Å². The fourth-order valence-corrected chi connectivity index (χ4v) is 1.61. The van der Waals surface area contributed by atoms with Gasteiger partial charge in [0.15, 0.2) is 5.65 Å². The zero-order chi connectivity index (χ0) is 9.54. The van der Waals surface area contributed by atoms with E-state index >= 15 is 0 Å². The van der Waals surface area contributed by atoms with Crippen LogP contribution in [0.2, 0.25) is 0 Å².